The fourth-order valence-corrected chi connectivity index (χ4v) is 2.58. The zero-order valence-electron chi connectivity index (χ0n) is 10.4. The molecule has 2 aromatic rings. The summed E-state index contributed by atoms with van der Waals surface area (Å²) in [6.07, 6.45) is 0.593. The summed E-state index contributed by atoms with van der Waals surface area (Å²) >= 11 is 0. The van der Waals surface area contributed by atoms with E-state index in [-0.39, 0.29) is 11.7 Å². The first kappa shape index (κ1) is 11.9. The Morgan fingerprint density at radius 3 is 2.05 bits per heavy atom. The maximum Gasteiger partial charge on any atom is 0.185 e. The van der Waals surface area contributed by atoms with E-state index in [2.05, 4.69) is 0 Å². The molecule has 0 aliphatic heterocycles. The number of ketones is 1. The van der Waals surface area contributed by atoms with Crippen molar-refractivity contribution in [3.8, 4) is 0 Å². The number of rotatable bonds is 2. The van der Waals surface area contributed by atoms with Gasteiger partial charge in [0, 0.05) is 5.92 Å². The predicted molar refractivity (Wildman–Crippen MR) is 74.6 cm³/mol. The molecule has 0 heterocycles. The summed E-state index contributed by atoms with van der Waals surface area (Å²) in [7, 11) is 0. The molecule has 0 saturated carbocycles. The molecule has 3 rings (SSSR count). The lowest BCUT2D eigenvalue weighted by molar-refractivity contribution is -0.121. The lowest BCUT2D eigenvalue weighted by Crippen LogP contribution is -2.21. The fourth-order valence-electron chi connectivity index (χ4n) is 2.58. The van der Waals surface area contributed by atoms with E-state index in [4.69, 9.17) is 0 Å². The molecule has 2 aromatic carbocycles. The lowest BCUT2D eigenvalue weighted by Gasteiger charge is -2.18. The first-order valence-electron chi connectivity index (χ1n) is 6.31. The number of carbonyl (C=O) groups is 1. The Morgan fingerprint density at radius 2 is 1.42 bits per heavy atom. The van der Waals surface area contributed by atoms with Crippen molar-refractivity contribution >= 4 is 11.4 Å². The largest absolute Gasteiger partial charge is 0.384 e. The second-order valence-electron chi connectivity index (χ2n) is 4.70. The van der Waals surface area contributed by atoms with Crippen molar-refractivity contribution in [2.75, 3.05) is 0 Å². The topological polar surface area (TPSA) is 37.3 Å². The molecule has 1 aliphatic rings. The molecule has 0 radical (unpaired) electrons. The van der Waals surface area contributed by atoms with Crippen LogP contribution in [-0.2, 0) is 4.79 Å². The van der Waals surface area contributed by atoms with Gasteiger partial charge in [-0.2, -0.15) is 0 Å². The molecule has 0 unspecified atom stereocenters. The van der Waals surface area contributed by atoms with Crippen LogP contribution in [-0.4, -0.2) is 17.0 Å². The predicted octanol–water partition coefficient (Wildman–Crippen LogP) is 2.80. The molecule has 2 nitrogen and oxygen atoms in total. The van der Waals surface area contributed by atoms with Crippen LogP contribution in [0.1, 0.15) is 17.0 Å². The number of aliphatic hydroxyl groups excluding tert-OH is 1. The standard InChI is InChI=1S/C17H14O2/c18-15-11-14(12-7-3-1-4-8-12)16(17(15)19)13-9-5-2-6-10-13/h1-11,16-17,19H/t16-,17-/m1/s1. The van der Waals surface area contributed by atoms with Crippen molar-refractivity contribution in [3.05, 3.63) is 77.9 Å². The van der Waals surface area contributed by atoms with Crippen molar-refractivity contribution < 1.29 is 9.90 Å². The van der Waals surface area contributed by atoms with Gasteiger partial charge >= 0.3 is 0 Å². The van der Waals surface area contributed by atoms with E-state index in [1.807, 2.05) is 60.7 Å². The van der Waals surface area contributed by atoms with Gasteiger partial charge in [0.1, 0.15) is 6.10 Å². The van der Waals surface area contributed by atoms with Gasteiger partial charge in [-0.3, -0.25) is 4.79 Å². The van der Waals surface area contributed by atoms with E-state index >= 15 is 0 Å². The maximum absolute atomic E-state index is 11.8. The van der Waals surface area contributed by atoms with Crippen LogP contribution in [0.15, 0.2) is 66.7 Å². The summed E-state index contributed by atoms with van der Waals surface area (Å²) in [6.45, 7) is 0. The molecule has 0 saturated heterocycles. The van der Waals surface area contributed by atoms with Crippen LogP contribution in [0.2, 0.25) is 0 Å². The highest BCUT2D eigenvalue weighted by molar-refractivity contribution is 6.07. The van der Waals surface area contributed by atoms with Gasteiger partial charge in [0.15, 0.2) is 5.78 Å². The molecular formula is C17H14O2. The van der Waals surface area contributed by atoms with Crippen LogP contribution in [0.25, 0.3) is 5.57 Å². The van der Waals surface area contributed by atoms with Crippen molar-refractivity contribution in [3.63, 3.8) is 0 Å². The second kappa shape index (κ2) is 4.82. The zero-order chi connectivity index (χ0) is 13.2. The lowest BCUT2D eigenvalue weighted by atomic mass is 9.87. The van der Waals surface area contributed by atoms with E-state index < -0.39 is 6.10 Å². The number of hydrogen-bond donors (Lipinski definition) is 1. The normalized spacial score (nSPS) is 22.4. The van der Waals surface area contributed by atoms with E-state index in [9.17, 15) is 9.90 Å². The van der Waals surface area contributed by atoms with Crippen molar-refractivity contribution in [1.29, 1.82) is 0 Å². The number of hydrogen-bond acceptors (Lipinski definition) is 2. The minimum atomic E-state index is -0.974. The van der Waals surface area contributed by atoms with Crippen molar-refractivity contribution in [2.45, 2.75) is 12.0 Å². The van der Waals surface area contributed by atoms with Crippen LogP contribution in [0.5, 0.6) is 0 Å². The molecule has 0 bridgehead atoms. The minimum Gasteiger partial charge on any atom is -0.384 e. The van der Waals surface area contributed by atoms with Crippen LogP contribution >= 0.6 is 0 Å². The van der Waals surface area contributed by atoms with E-state index in [1.165, 1.54) is 0 Å². The van der Waals surface area contributed by atoms with Crippen LogP contribution in [0.3, 0.4) is 0 Å². The summed E-state index contributed by atoms with van der Waals surface area (Å²) in [5.41, 5.74) is 2.85. The average molecular weight is 250 g/mol. The van der Waals surface area contributed by atoms with Gasteiger partial charge in [-0.05, 0) is 22.8 Å². The Morgan fingerprint density at radius 1 is 0.842 bits per heavy atom. The molecule has 1 aliphatic carbocycles. The third kappa shape index (κ3) is 2.11. The third-order valence-electron chi connectivity index (χ3n) is 3.51. The molecule has 0 aromatic heterocycles. The highest BCUT2D eigenvalue weighted by Gasteiger charge is 2.36. The molecular weight excluding hydrogens is 236 g/mol. The SMILES string of the molecule is O=C1C=C(c2ccccc2)[C@@H](c2ccccc2)[C@@H]1O. The number of benzene rings is 2. The first-order valence-corrected chi connectivity index (χ1v) is 6.31. The molecule has 0 amide bonds. The smallest absolute Gasteiger partial charge is 0.185 e. The Balaban J connectivity index is 2.07. The molecule has 19 heavy (non-hydrogen) atoms. The van der Waals surface area contributed by atoms with Crippen LogP contribution in [0, 0.1) is 0 Å². The summed E-state index contributed by atoms with van der Waals surface area (Å²) in [5.74, 6) is -0.483. The Hall–Kier alpha value is -2.19. The molecule has 94 valence electrons. The minimum absolute atomic E-state index is 0.215. The molecule has 0 spiro atoms. The van der Waals surface area contributed by atoms with Crippen LogP contribution < -0.4 is 0 Å². The van der Waals surface area contributed by atoms with E-state index in [1.54, 1.807) is 6.08 Å². The van der Waals surface area contributed by atoms with Gasteiger partial charge in [0.05, 0.1) is 0 Å². The molecule has 2 atom stereocenters. The highest BCUT2D eigenvalue weighted by atomic mass is 16.3. The van der Waals surface area contributed by atoms with Crippen molar-refractivity contribution in [1.82, 2.24) is 0 Å². The van der Waals surface area contributed by atoms with Gasteiger partial charge in [-0.25, -0.2) is 0 Å². The van der Waals surface area contributed by atoms with Gasteiger partial charge in [-0.1, -0.05) is 60.7 Å². The summed E-state index contributed by atoms with van der Waals surface area (Å²) in [5, 5.41) is 10.1. The number of aliphatic hydroxyl groups is 1. The Bertz CT molecular complexity index is 614. The monoisotopic (exact) mass is 250 g/mol. The third-order valence-corrected chi connectivity index (χ3v) is 3.51. The summed E-state index contributed by atoms with van der Waals surface area (Å²) < 4.78 is 0. The molecule has 2 heteroatoms. The van der Waals surface area contributed by atoms with Gasteiger partial charge < -0.3 is 5.11 Å². The average Bonchev–Trinajstić information content (AvgIpc) is 2.77. The van der Waals surface area contributed by atoms with Gasteiger partial charge in [0.2, 0.25) is 0 Å². The first-order chi connectivity index (χ1) is 9.27. The molecule has 1 N–H and O–H groups in total. The number of carbonyl (C=O) groups excluding carboxylic acids is 1. The van der Waals surface area contributed by atoms with Crippen molar-refractivity contribution in [2.24, 2.45) is 0 Å². The van der Waals surface area contributed by atoms with E-state index in [0.717, 1.165) is 16.7 Å². The van der Waals surface area contributed by atoms with Gasteiger partial charge in [0.25, 0.3) is 0 Å². The quantitative estimate of drug-likeness (QED) is 0.890. The summed E-state index contributed by atoms with van der Waals surface area (Å²) in [4.78, 5) is 11.8. The zero-order valence-corrected chi connectivity index (χ0v) is 10.4. The van der Waals surface area contributed by atoms with E-state index in [0.29, 0.717) is 0 Å². The van der Waals surface area contributed by atoms with Crippen LogP contribution in [0.4, 0.5) is 0 Å². The van der Waals surface area contributed by atoms with Gasteiger partial charge in [-0.15, -0.1) is 0 Å². The Kier molecular flexibility index (Phi) is 3.02. The molecule has 0 fully saturated rings. The summed E-state index contributed by atoms with van der Waals surface area (Å²) in [6, 6.07) is 19.4. The highest BCUT2D eigenvalue weighted by Crippen LogP contribution is 2.39. The second-order valence-corrected chi connectivity index (χ2v) is 4.70. The Labute approximate surface area is 112 Å². The fraction of sp³-hybridized carbons (Fsp3) is 0.118. The maximum atomic E-state index is 11.8.